The Kier molecular flexibility index (Phi) is 3.45. The van der Waals surface area contributed by atoms with Crippen molar-refractivity contribution in [2.75, 3.05) is 0 Å². The van der Waals surface area contributed by atoms with Gasteiger partial charge in [0.25, 0.3) is 0 Å². The molecule has 0 saturated carbocycles. The summed E-state index contributed by atoms with van der Waals surface area (Å²) in [5.41, 5.74) is 6.12. The maximum absolute atomic E-state index is 5.63. The number of nitrogens with one attached hydrogen (secondary N) is 1. The Morgan fingerprint density at radius 1 is 1.14 bits per heavy atom. The Hall–Kier alpha value is -2.46. The third-order valence-electron chi connectivity index (χ3n) is 4.22. The van der Waals surface area contributed by atoms with Gasteiger partial charge in [-0.1, -0.05) is 24.3 Å². The highest BCUT2D eigenvalue weighted by Gasteiger charge is 2.23. The van der Waals surface area contributed by atoms with Gasteiger partial charge in [-0.2, -0.15) is 0 Å². The molecule has 3 heterocycles. The molecule has 1 aliphatic heterocycles. The molecule has 1 atom stereocenters. The highest BCUT2D eigenvalue weighted by molar-refractivity contribution is 5.42. The maximum atomic E-state index is 5.63. The summed E-state index contributed by atoms with van der Waals surface area (Å²) in [4.78, 5) is 11.9. The monoisotopic (exact) mass is 291 g/mol. The number of fused-ring (bicyclic) bond motifs is 1. The van der Waals surface area contributed by atoms with Crippen molar-refractivity contribution in [1.82, 2.24) is 15.0 Å². The van der Waals surface area contributed by atoms with E-state index in [2.05, 4.69) is 39.2 Å². The number of H-pyrrole nitrogens is 1. The zero-order valence-electron chi connectivity index (χ0n) is 12.2. The summed E-state index contributed by atoms with van der Waals surface area (Å²) in [6, 6.07) is 12.5. The van der Waals surface area contributed by atoms with Gasteiger partial charge in [0.2, 0.25) is 0 Å². The number of aromatic amines is 1. The van der Waals surface area contributed by atoms with Crippen LogP contribution in [0.25, 0.3) is 0 Å². The van der Waals surface area contributed by atoms with Crippen LogP contribution in [0.2, 0.25) is 0 Å². The number of nitrogens with zero attached hydrogens (tertiary/aromatic N) is 2. The molecule has 0 aliphatic carbocycles. The molecule has 0 spiro atoms. The van der Waals surface area contributed by atoms with Gasteiger partial charge in [0.05, 0.1) is 19.5 Å². The second-order valence-corrected chi connectivity index (χ2v) is 5.56. The van der Waals surface area contributed by atoms with Crippen molar-refractivity contribution in [2.24, 2.45) is 0 Å². The number of benzene rings is 1. The van der Waals surface area contributed by atoms with Gasteiger partial charge >= 0.3 is 0 Å². The Balaban J connectivity index is 1.77. The van der Waals surface area contributed by atoms with E-state index in [1.807, 2.05) is 24.5 Å². The van der Waals surface area contributed by atoms with E-state index in [1.54, 1.807) is 6.33 Å². The van der Waals surface area contributed by atoms with Gasteiger partial charge in [-0.25, -0.2) is 4.98 Å². The summed E-state index contributed by atoms with van der Waals surface area (Å²) >= 11 is 0. The maximum Gasteiger partial charge on any atom is 0.0921 e. The third-order valence-corrected chi connectivity index (χ3v) is 4.22. The summed E-state index contributed by atoms with van der Waals surface area (Å²) in [6.07, 6.45) is 6.33. The number of pyridine rings is 1. The van der Waals surface area contributed by atoms with Crippen LogP contribution >= 0.6 is 0 Å². The van der Waals surface area contributed by atoms with Crippen LogP contribution in [0.5, 0.6) is 0 Å². The number of rotatable bonds is 4. The molecule has 0 amide bonds. The Morgan fingerprint density at radius 2 is 2.14 bits per heavy atom. The van der Waals surface area contributed by atoms with Crippen LogP contribution in [0.1, 0.15) is 34.0 Å². The first-order valence-electron chi connectivity index (χ1n) is 7.48. The van der Waals surface area contributed by atoms with Crippen LogP contribution in [0, 0.1) is 0 Å². The Morgan fingerprint density at radius 3 is 2.95 bits per heavy atom. The van der Waals surface area contributed by atoms with Crippen LogP contribution in [0.15, 0.2) is 55.1 Å². The first-order chi connectivity index (χ1) is 10.9. The van der Waals surface area contributed by atoms with Crippen molar-refractivity contribution in [3.63, 3.8) is 0 Å². The average molecular weight is 291 g/mol. The van der Waals surface area contributed by atoms with E-state index in [1.165, 1.54) is 16.7 Å². The second kappa shape index (κ2) is 5.73. The molecule has 4 heteroatoms. The summed E-state index contributed by atoms with van der Waals surface area (Å²) in [5.74, 6) is 0.217. The van der Waals surface area contributed by atoms with E-state index in [4.69, 9.17) is 4.74 Å². The number of hydrogen-bond acceptors (Lipinski definition) is 3. The fraction of sp³-hybridized carbons (Fsp3) is 0.222. The molecule has 110 valence electrons. The fourth-order valence-corrected chi connectivity index (χ4v) is 3.13. The zero-order chi connectivity index (χ0) is 14.8. The minimum atomic E-state index is 0.217. The molecule has 1 aromatic carbocycles. The summed E-state index contributed by atoms with van der Waals surface area (Å²) in [5, 5.41) is 0. The minimum absolute atomic E-state index is 0.217. The largest absolute Gasteiger partial charge is 0.372 e. The molecule has 22 heavy (non-hydrogen) atoms. The van der Waals surface area contributed by atoms with Crippen LogP contribution in [-0.2, 0) is 24.4 Å². The molecule has 0 fully saturated rings. The van der Waals surface area contributed by atoms with Crippen molar-refractivity contribution >= 4 is 0 Å². The van der Waals surface area contributed by atoms with E-state index in [0.717, 1.165) is 17.8 Å². The highest BCUT2D eigenvalue weighted by Crippen LogP contribution is 2.33. The van der Waals surface area contributed by atoms with Crippen molar-refractivity contribution < 1.29 is 4.74 Å². The lowest BCUT2D eigenvalue weighted by atomic mass is 9.87. The molecule has 0 radical (unpaired) electrons. The van der Waals surface area contributed by atoms with Gasteiger partial charge in [0, 0.05) is 36.1 Å². The number of ether oxygens (including phenoxy) is 1. The molecule has 0 bridgehead atoms. The van der Waals surface area contributed by atoms with E-state index in [-0.39, 0.29) is 5.92 Å². The number of aromatic nitrogens is 3. The smallest absolute Gasteiger partial charge is 0.0921 e. The van der Waals surface area contributed by atoms with Gasteiger partial charge in [0.1, 0.15) is 0 Å². The number of imidazole rings is 1. The number of hydrogen-bond donors (Lipinski definition) is 1. The molecular formula is C18H17N3O. The molecule has 0 saturated heterocycles. The fourth-order valence-electron chi connectivity index (χ4n) is 3.13. The van der Waals surface area contributed by atoms with Gasteiger partial charge < -0.3 is 9.72 Å². The predicted octanol–water partition coefficient (Wildman–Crippen LogP) is 3.21. The SMILES string of the molecule is c1ccc(C[C@@H](c2cnc[nH]2)c2cccc3c2COC3)nc1. The van der Waals surface area contributed by atoms with Gasteiger partial charge in [0.15, 0.2) is 0 Å². The minimum Gasteiger partial charge on any atom is -0.372 e. The van der Waals surface area contributed by atoms with Crippen molar-refractivity contribution in [1.29, 1.82) is 0 Å². The topological polar surface area (TPSA) is 50.8 Å². The lowest BCUT2D eigenvalue weighted by Crippen LogP contribution is -2.09. The van der Waals surface area contributed by atoms with Gasteiger partial charge in [-0.3, -0.25) is 4.98 Å². The third kappa shape index (κ3) is 2.42. The van der Waals surface area contributed by atoms with Crippen molar-refractivity contribution in [2.45, 2.75) is 25.6 Å². The van der Waals surface area contributed by atoms with E-state index < -0.39 is 0 Å². The molecule has 1 aliphatic rings. The summed E-state index contributed by atoms with van der Waals surface area (Å²) in [7, 11) is 0. The molecule has 2 aromatic heterocycles. The van der Waals surface area contributed by atoms with Crippen molar-refractivity contribution in [3.8, 4) is 0 Å². The van der Waals surface area contributed by atoms with Crippen LogP contribution in [0.4, 0.5) is 0 Å². The lowest BCUT2D eigenvalue weighted by Gasteiger charge is -2.18. The van der Waals surface area contributed by atoms with Crippen LogP contribution in [0.3, 0.4) is 0 Å². The molecule has 4 rings (SSSR count). The summed E-state index contributed by atoms with van der Waals surface area (Å²) < 4.78 is 5.63. The quantitative estimate of drug-likeness (QED) is 0.803. The first kappa shape index (κ1) is 13.2. The Bertz CT molecular complexity index is 753. The van der Waals surface area contributed by atoms with Crippen molar-refractivity contribution in [3.05, 3.63) is 83.2 Å². The van der Waals surface area contributed by atoms with E-state index in [9.17, 15) is 0 Å². The van der Waals surface area contributed by atoms with Crippen LogP contribution in [-0.4, -0.2) is 15.0 Å². The van der Waals surface area contributed by atoms with Gasteiger partial charge in [-0.15, -0.1) is 0 Å². The van der Waals surface area contributed by atoms with Crippen LogP contribution < -0.4 is 0 Å². The second-order valence-electron chi connectivity index (χ2n) is 5.56. The van der Waals surface area contributed by atoms with Gasteiger partial charge in [-0.05, 0) is 28.8 Å². The molecule has 1 N–H and O–H groups in total. The molecular weight excluding hydrogens is 274 g/mol. The molecule has 0 unspecified atom stereocenters. The summed E-state index contributed by atoms with van der Waals surface area (Å²) in [6.45, 7) is 1.40. The predicted molar refractivity (Wildman–Crippen MR) is 83.3 cm³/mol. The normalized spacial score (nSPS) is 14.7. The van der Waals surface area contributed by atoms with E-state index >= 15 is 0 Å². The first-order valence-corrected chi connectivity index (χ1v) is 7.48. The average Bonchev–Trinajstić information content (AvgIpc) is 3.24. The standard InChI is InChI=1S/C18H17N3O/c1-2-7-20-14(5-1)8-16(18-9-19-12-21-18)15-6-3-4-13-10-22-11-17(13)15/h1-7,9,12,16H,8,10-11H2,(H,19,21)/t16-/m1/s1. The van der Waals surface area contributed by atoms with E-state index in [0.29, 0.717) is 13.2 Å². The Labute approximate surface area is 129 Å². The molecule has 4 nitrogen and oxygen atoms in total. The molecule has 3 aromatic rings. The lowest BCUT2D eigenvalue weighted by molar-refractivity contribution is 0.134. The zero-order valence-corrected chi connectivity index (χ0v) is 12.2. The highest BCUT2D eigenvalue weighted by atomic mass is 16.5.